The van der Waals surface area contributed by atoms with Crippen LogP contribution in [0.1, 0.15) is 33.6 Å². The molecule has 1 aliphatic carbocycles. The Morgan fingerprint density at radius 2 is 2.21 bits per heavy atom. The van der Waals surface area contributed by atoms with Crippen LogP contribution >= 0.6 is 0 Å². The lowest BCUT2D eigenvalue weighted by atomic mass is 9.83. The van der Waals surface area contributed by atoms with E-state index in [4.69, 9.17) is 4.74 Å². The van der Waals surface area contributed by atoms with Crippen molar-refractivity contribution in [2.75, 3.05) is 6.61 Å². The molecular formula is C11H16O3. The molecule has 14 heavy (non-hydrogen) atoms. The van der Waals surface area contributed by atoms with Gasteiger partial charge in [-0.15, -0.1) is 0 Å². The number of allylic oxidation sites excluding steroid dienone is 1. The summed E-state index contributed by atoms with van der Waals surface area (Å²) < 4.78 is 4.93. The molecule has 78 valence electrons. The van der Waals surface area contributed by atoms with Gasteiger partial charge in [0.2, 0.25) is 0 Å². The molecule has 0 aromatic rings. The van der Waals surface area contributed by atoms with Crippen molar-refractivity contribution in [2.45, 2.75) is 33.6 Å². The van der Waals surface area contributed by atoms with E-state index in [1.54, 1.807) is 13.8 Å². The Balaban J connectivity index is 3.00. The molecular weight excluding hydrogens is 180 g/mol. The van der Waals surface area contributed by atoms with Gasteiger partial charge >= 0.3 is 5.97 Å². The molecule has 1 atom stereocenters. The van der Waals surface area contributed by atoms with Gasteiger partial charge in [0.1, 0.15) is 5.41 Å². The first-order valence-corrected chi connectivity index (χ1v) is 4.93. The molecule has 3 nitrogen and oxygen atoms in total. The van der Waals surface area contributed by atoms with Crippen molar-refractivity contribution in [3.8, 4) is 0 Å². The second kappa shape index (κ2) is 3.95. The average molecular weight is 196 g/mol. The van der Waals surface area contributed by atoms with Crippen LogP contribution in [0.5, 0.6) is 0 Å². The minimum absolute atomic E-state index is 0.0240. The highest BCUT2D eigenvalue weighted by atomic mass is 16.5. The summed E-state index contributed by atoms with van der Waals surface area (Å²) in [5, 5.41) is 0. The lowest BCUT2D eigenvalue weighted by molar-refractivity contribution is -0.155. The summed E-state index contributed by atoms with van der Waals surface area (Å²) in [5.74, 6) is -0.431. The standard InChI is InChI=1S/C11H16O3/c1-4-8-6-7-9(12)11(8,3)10(13)14-5-2/h4H,5-7H2,1-3H3/b8-4+. The van der Waals surface area contributed by atoms with Crippen molar-refractivity contribution in [1.82, 2.24) is 0 Å². The number of ether oxygens (including phenoxy) is 1. The van der Waals surface area contributed by atoms with Crippen molar-refractivity contribution in [1.29, 1.82) is 0 Å². The molecule has 3 heteroatoms. The second-order valence-electron chi connectivity index (χ2n) is 3.58. The van der Waals surface area contributed by atoms with Gasteiger partial charge in [0.05, 0.1) is 6.61 Å². The number of esters is 1. The lowest BCUT2D eigenvalue weighted by Crippen LogP contribution is -2.35. The zero-order valence-corrected chi connectivity index (χ0v) is 8.92. The fourth-order valence-electron chi connectivity index (χ4n) is 1.88. The fourth-order valence-corrected chi connectivity index (χ4v) is 1.88. The second-order valence-corrected chi connectivity index (χ2v) is 3.58. The van der Waals surface area contributed by atoms with E-state index < -0.39 is 11.4 Å². The fraction of sp³-hybridized carbons (Fsp3) is 0.636. The number of hydrogen-bond acceptors (Lipinski definition) is 3. The molecule has 0 bridgehead atoms. The summed E-state index contributed by atoms with van der Waals surface area (Å²) in [6, 6.07) is 0. The Morgan fingerprint density at radius 3 is 2.71 bits per heavy atom. The number of rotatable bonds is 2. The van der Waals surface area contributed by atoms with Crippen LogP contribution in [0.15, 0.2) is 11.6 Å². The summed E-state index contributed by atoms with van der Waals surface area (Å²) in [4.78, 5) is 23.3. The maximum absolute atomic E-state index is 11.7. The first-order valence-electron chi connectivity index (χ1n) is 4.93. The predicted molar refractivity (Wildman–Crippen MR) is 52.7 cm³/mol. The number of hydrogen-bond donors (Lipinski definition) is 0. The number of carbonyl (C=O) groups is 2. The van der Waals surface area contributed by atoms with E-state index in [0.717, 1.165) is 5.57 Å². The van der Waals surface area contributed by atoms with Gasteiger partial charge in [-0.2, -0.15) is 0 Å². The highest BCUT2D eigenvalue weighted by molar-refractivity contribution is 6.08. The first-order chi connectivity index (χ1) is 6.57. The molecule has 0 amide bonds. The predicted octanol–water partition coefficient (Wildman–Crippen LogP) is 1.86. The molecule has 1 unspecified atom stereocenters. The van der Waals surface area contributed by atoms with Gasteiger partial charge in [0.25, 0.3) is 0 Å². The van der Waals surface area contributed by atoms with Crippen LogP contribution in [-0.4, -0.2) is 18.4 Å². The quantitative estimate of drug-likeness (QED) is 0.384. The van der Waals surface area contributed by atoms with Crippen molar-refractivity contribution < 1.29 is 14.3 Å². The SMILES string of the molecule is C/C=C1\CCC(=O)C1(C)C(=O)OCC. The van der Waals surface area contributed by atoms with Crippen molar-refractivity contribution >= 4 is 11.8 Å². The van der Waals surface area contributed by atoms with Crippen LogP contribution in [0.2, 0.25) is 0 Å². The van der Waals surface area contributed by atoms with E-state index in [2.05, 4.69) is 0 Å². The van der Waals surface area contributed by atoms with E-state index in [9.17, 15) is 9.59 Å². The summed E-state index contributed by atoms with van der Waals surface area (Å²) in [6.45, 7) is 5.58. The molecule has 0 radical (unpaired) electrons. The van der Waals surface area contributed by atoms with Gasteiger partial charge < -0.3 is 4.74 Å². The molecule has 1 rings (SSSR count). The van der Waals surface area contributed by atoms with Crippen LogP contribution in [0, 0.1) is 5.41 Å². The molecule has 1 fully saturated rings. The number of ketones is 1. The van der Waals surface area contributed by atoms with Crippen LogP contribution in [0.4, 0.5) is 0 Å². The topological polar surface area (TPSA) is 43.4 Å². The van der Waals surface area contributed by atoms with E-state index in [1.807, 2.05) is 13.0 Å². The highest BCUT2D eigenvalue weighted by Crippen LogP contribution is 2.40. The normalized spacial score (nSPS) is 29.6. The van der Waals surface area contributed by atoms with Gasteiger partial charge in [-0.05, 0) is 32.8 Å². The Bertz CT molecular complexity index is 291. The molecule has 1 aliphatic rings. The first kappa shape index (κ1) is 11.0. The zero-order chi connectivity index (χ0) is 10.8. The molecule has 0 aliphatic heterocycles. The van der Waals surface area contributed by atoms with Gasteiger partial charge in [0, 0.05) is 6.42 Å². The van der Waals surface area contributed by atoms with Gasteiger partial charge in [0.15, 0.2) is 5.78 Å². The van der Waals surface area contributed by atoms with Crippen molar-refractivity contribution in [3.63, 3.8) is 0 Å². The largest absolute Gasteiger partial charge is 0.465 e. The summed E-state index contributed by atoms with van der Waals surface area (Å²) in [7, 11) is 0. The molecule has 0 N–H and O–H groups in total. The van der Waals surface area contributed by atoms with Crippen LogP contribution < -0.4 is 0 Å². The summed E-state index contributed by atoms with van der Waals surface area (Å²) >= 11 is 0. The molecule has 0 aromatic carbocycles. The van der Waals surface area contributed by atoms with Crippen LogP contribution in [0.25, 0.3) is 0 Å². The zero-order valence-electron chi connectivity index (χ0n) is 8.92. The smallest absolute Gasteiger partial charge is 0.323 e. The third-order valence-electron chi connectivity index (χ3n) is 2.85. The lowest BCUT2D eigenvalue weighted by Gasteiger charge is -2.21. The molecule has 0 aromatic heterocycles. The Labute approximate surface area is 84.1 Å². The average Bonchev–Trinajstić information content (AvgIpc) is 2.45. The monoisotopic (exact) mass is 196 g/mol. The van der Waals surface area contributed by atoms with E-state index in [0.29, 0.717) is 19.4 Å². The van der Waals surface area contributed by atoms with E-state index >= 15 is 0 Å². The van der Waals surface area contributed by atoms with Crippen molar-refractivity contribution in [3.05, 3.63) is 11.6 Å². The molecule has 0 saturated heterocycles. The van der Waals surface area contributed by atoms with E-state index in [-0.39, 0.29) is 5.78 Å². The molecule has 0 spiro atoms. The highest BCUT2D eigenvalue weighted by Gasteiger charge is 2.48. The van der Waals surface area contributed by atoms with Gasteiger partial charge in [-0.25, -0.2) is 0 Å². The Kier molecular flexibility index (Phi) is 3.09. The van der Waals surface area contributed by atoms with Gasteiger partial charge in [-0.1, -0.05) is 6.08 Å². The van der Waals surface area contributed by atoms with Crippen LogP contribution in [0.3, 0.4) is 0 Å². The maximum atomic E-state index is 11.7. The Morgan fingerprint density at radius 1 is 1.57 bits per heavy atom. The minimum atomic E-state index is -1.01. The third-order valence-corrected chi connectivity index (χ3v) is 2.85. The number of Topliss-reactive ketones (excluding diaryl/α,β-unsaturated/α-hetero) is 1. The number of carbonyl (C=O) groups excluding carboxylic acids is 2. The van der Waals surface area contributed by atoms with Gasteiger partial charge in [-0.3, -0.25) is 9.59 Å². The Hall–Kier alpha value is -1.12. The molecule has 1 saturated carbocycles. The third kappa shape index (κ3) is 1.47. The maximum Gasteiger partial charge on any atom is 0.323 e. The summed E-state index contributed by atoms with van der Waals surface area (Å²) in [5.41, 5.74) is -0.119. The minimum Gasteiger partial charge on any atom is -0.465 e. The molecule has 0 heterocycles. The van der Waals surface area contributed by atoms with Crippen molar-refractivity contribution in [2.24, 2.45) is 5.41 Å². The van der Waals surface area contributed by atoms with Crippen LogP contribution in [-0.2, 0) is 14.3 Å². The summed E-state index contributed by atoms with van der Waals surface area (Å²) in [6.07, 6.45) is 2.99. The van der Waals surface area contributed by atoms with E-state index in [1.165, 1.54) is 0 Å².